The van der Waals surface area contributed by atoms with Gasteiger partial charge in [0.2, 0.25) is 5.88 Å². The standard InChI is InChI=1S/C20H21N7OS/c1-12-7-17(26-18(8-12)28-13-3-4-21-10-13)25-16-9-14-15(11-23-16)29-20(24-14)19-22-5-6-27(19)2/h5-9,11,13,21H,3-4,10H2,1-2H3,(H,23,25,26)/t13-/m0/s1. The fraction of sp³-hybridized carbons (Fsp3) is 0.300. The van der Waals surface area contributed by atoms with E-state index >= 15 is 0 Å². The summed E-state index contributed by atoms with van der Waals surface area (Å²) in [7, 11) is 1.96. The van der Waals surface area contributed by atoms with E-state index in [1.54, 1.807) is 17.5 Å². The lowest BCUT2D eigenvalue weighted by atomic mass is 10.3. The molecule has 0 amide bonds. The molecule has 0 bridgehead atoms. The first-order valence-electron chi connectivity index (χ1n) is 9.51. The molecule has 0 aromatic carbocycles. The van der Waals surface area contributed by atoms with Crippen LogP contribution in [-0.2, 0) is 7.05 Å². The second-order valence-corrected chi connectivity index (χ2v) is 8.17. The van der Waals surface area contributed by atoms with Crippen molar-refractivity contribution in [2.45, 2.75) is 19.4 Å². The highest BCUT2D eigenvalue weighted by atomic mass is 32.1. The van der Waals surface area contributed by atoms with Gasteiger partial charge in [-0.3, -0.25) is 0 Å². The fourth-order valence-electron chi connectivity index (χ4n) is 3.36. The highest BCUT2D eigenvalue weighted by molar-refractivity contribution is 7.21. The largest absolute Gasteiger partial charge is 0.473 e. The molecule has 9 heteroatoms. The predicted octanol–water partition coefficient (Wildman–Crippen LogP) is 3.28. The Kier molecular flexibility index (Phi) is 4.61. The van der Waals surface area contributed by atoms with E-state index in [4.69, 9.17) is 9.72 Å². The number of aryl methyl sites for hydroxylation is 2. The van der Waals surface area contributed by atoms with Crippen LogP contribution in [0.2, 0.25) is 0 Å². The number of ether oxygens (including phenoxy) is 1. The normalized spacial score (nSPS) is 16.4. The zero-order valence-electron chi connectivity index (χ0n) is 16.2. The molecule has 1 saturated heterocycles. The van der Waals surface area contributed by atoms with Crippen LogP contribution in [0.3, 0.4) is 0 Å². The summed E-state index contributed by atoms with van der Waals surface area (Å²) in [6.07, 6.45) is 6.69. The van der Waals surface area contributed by atoms with Gasteiger partial charge in [0.15, 0.2) is 10.8 Å². The molecule has 4 aromatic heterocycles. The van der Waals surface area contributed by atoms with E-state index in [-0.39, 0.29) is 6.10 Å². The van der Waals surface area contributed by atoms with Crippen molar-refractivity contribution in [2.24, 2.45) is 7.05 Å². The van der Waals surface area contributed by atoms with E-state index in [0.717, 1.165) is 46.1 Å². The van der Waals surface area contributed by atoms with Crippen molar-refractivity contribution < 1.29 is 4.74 Å². The summed E-state index contributed by atoms with van der Waals surface area (Å²) < 4.78 is 8.98. The van der Waals surface area contributed by atoms with Crippen LogP contribution in [0.15, 0.2) is 36.8 Å². The third-order valence-electron chi connectivity index (χ3n) is 4.79. The molecule has 5 heterocycles. The number of pyridine rings is 2. The van der Waals surface area contributed by atoms with Crippen LogP contribution in [0.1, 0.15) is 12.0 Å². The van der Waals surface area contributed by atoms with E-state index < -0.39 is 0 Å². The van der Waals surface area contributed by atoms with Gasteiger partial charge in [0.05, 0.1) is 10.2 Å². The first kappa shape index (κ1) is 18.0. The topological polar surface area (TPSA) is 89.8 Å². The molecular weight excluding hydrogens is 386 g/mol. The third-order valence-corrected chi connectivity index (χ3v) is 5.79. The van der Waals surface area contributed by atoms with Crippen molar-refractivity contribution in [1.82, 2.24) is 29.8 Å². The predicted molar refractivity (Wildman–Crippen MR) is 114 cm³/mol. The molecule has 1 aliphatic heterocycles. The van der Waals surface area contributed by atoms with Gasteiger partial charge in [-0.1, -0.05) is 0 Å². The monoisotopic (exact) mass is 407 g/mol. The SMILES string of the molecule is Cc1cc(Nc2cc3nc(-c4nccn4C)sc3cn2)nc(O[C@H]2CCNC2)c1. The Morgan fingerprint density at radius 2 is 2.14 bits per heavy atom. The van der Waals surface area contributed by atoms with Crippen LogP contribution in [0.4, 0.5) is 11.6 Å². The zero-order valence-corrected chi connectivity index (χ0v) is 17.0. The lowest BCUT2D eigenvalue weighted by molar-refractivity contribution is 0.214. The van der Waals surface area contributed by atoms with Gasteiger partial charge in [-0.15, -0.1) is 11.3 Å². The van der Waals surface area contributed by atoms with Crippen LogP contribution in [0.5, 0.6) is 5.88 Å². The molecule has 2 N–H and O–H groups in total. The molecule has 0 unspecified atom stereocenters. The summed E-state index contributed by atoms with van der Waals surface area (Å²) in [5, 5.41) is 7.46. The molecular formula is C20H21N7OS. The maximum Gasteiger partial charge on any atom is 0.215 e. The van der Waals surface area contributed by atoms with Gasteiger partial charge in [-0.25, -0.2) is 15.0 Å². The molecule has 4 aromatic rings. The summed E-state index contributed by atoms with van der Waals surface area (Å²) >= 11 is 1.58. The molecule has 5 rings (SSSR count). The lowest BCUT2D eigenvalue weighted by Gasteiger charge is -2.13. The molecule has 148 valence electrons. The van der Waals surface area contributed by atoms with Crippen LogP contribution < -0.4 is 15.4 Å². The molecule has 1 fully saturated rings. The number of anilines is 2. The van der Waals surface area contributed by atoms with Crippen molar-refractivity contribution in [3.05, 3.63) is 42.4 Å². The molecule has 8 nitrogen and oxygen atoms in total. The average molecular weight is 408 g/mol. The second-order valence-electron chi connectivity index (χ2n) is 7.14. The zero-order chi connectivity index (χ0) is 19.8. The van der Waals surface area contributed by atoms with Gasteiger partial charge in [-0.2, -0.15) is 4.98 Å². The number of fused-ring (bicyclic) bond motifs is 1. The Labute approximate surface area is 172 Å². The Bertz CT molecular complexity index is 1160. The Hall–Kier alpha value is -3.04. The van der Waals surface area contributed by atoms with E-state index in [0.29, 0.717) is 17.5 Å². The number of nitrogens with zero attached hydrogens (tertiary/aromatic N) is 5. The fourth-order valence-corrected chi connectivity index (χ4v) is 4.32. The highest BCUT2D eigenvalue weighted by Gasteiger charge is 2.17. The lowest BCUT2D eigenvalue weighted by Crippen LogP contribution is -2.20. The van der Waals surface area contributed by atoms with Gasteiger partial charge in [-0.05, 0) is 31.5 Å². The molecule has 0 saturated carbocycles. The number of aromatic nitrogens is 5. The molecule has 0 aliphatic carbocycles. The minimum absolute atomic E-state index is 0.172. The maximum atomic E-state index is 6.01. The van der Waals surface area contributed by atoms with Crippen LogP contribution in [-0.4, -0.2) is 43.7 Å². The van der Waals surface area contributed by atoms with Crippen LogP contribution in [0.25, 0.3) is 21.0 Å². The van der Waals surface area contributed by atoms with E-state index in [9.17, 15) is 0 Å². The third kappa shape index (κ3) is 3.79. The Morgan fingerprint density at radius 3 is 2.93 bits per heavy atom. The second kappa shape index (κ2) is 7.41. The number of imidazole rings is 1. The Morgan fingerprint density at radius 1 is 1.21 bits per heavy atom. The van der Waals surface area contributed by atoms with Crippen molar-refractivity contribution in [3.8, 4) is 16.7 Å². The molecule has 1 aliphatic rings. The molecule has 0 radical (unpaired) electrons. The number of nitrogens with one attached hydrogen (secondary N) is 2. The summed E-state index contributed by atoms with van der Waals surface area (Å²) in [6, 6.07) is 5.87. The first-order chi connectivity index (χ1) is 14.1. The first-order valence-corrected chi connectivity index (χ1v) is 10.3. The number of hydrogen-bond donors (Lipinski definition) is 2. The van der Waals surface area contributed by atoms with Crippen molar-refractivity contribution in [3.63, 3.8) is 0 Å². The summed E-state index contributed by atoms with van der Waals surface area (Å²) in [5.41, 5.74) is 1.96. The smallest absolute Gasteiger partial charge is 0.215 e. The van der Waals surface area contributed by atoms with Gasteiger partial charge in [0.1, 0.15) is 17.7 Å². The van der Waals surface area contributed by atoms with Crippen LogP contribution >= 0.6 is 11.3 Å². The van der Waals surface area contributed by atoms with Gasteiger partial charge in [0.25, 0.3) is 0 Å². The van der Waals surface area contributed by atoms with Crippen molar-refractivity contribution >= 4 is 33.2 Å². The quantitative estimate of drug-likeness (QED) is 0.525. The van der Waals surface area contributed by atoms with Crippen molar-refractivity contribution in [1.29, 1.82) is 0 Å². The Balaban J connectivity index is 1.39. The van der Waals surface area contributed by atoms with E-state index in [1.165, 1.54) is 0 Å². The number of hydrogen-bond acceptors (Lipinski definition) is 8. The van der Waals surface area contributed by atoms with Crippen LogP contribution in [0, 0.1) is 6.92 Å². The highest BCUT2D eigenvalue weighted by Crippen LogP contribution is 2.30. The van der Waals surface area contributed by atoms with E-state index in [2.05, 4.69) is 25.6 Å². The molecule has 0 spiro atoms. The maximum absolute atomic E-state index is 6.01. The summed E-state index contributed by atoms with van der Waals surface area (Å²) in [4.78, 5) is 18.2. The van der Waals surface area contributed by atoms with Gasteiger partial charge >= 0.3 is 0 Å². The minimum atomic E-state index is 0.172. The number of rotatable bonds is 5. The van der Waals surface area contributed by atoms with Gasteiger partial charge < -0.3 is 19.9 Å². The number of thiazole rings is 1. The van der Waals surface area contributed by atoms with E-state index in [1.807, 2.05) is 49.1 Å². The van der Waals surface area contributed by atoms with Crippen molar-refractivity contribution in [2.75, 3.05) is 18.4 Å². The summed E-state index contributed by atoms with van der Waals surface area (Å²) in [6.45, 7) is 3.88. The molecule has 1 atom stereocenters. The minimum Gasteiger partial charge on any atom is -0.473 e. The van der Waals surface area contributed by atoms with Gasteiger partial charge in [0, 0.05) is 44.3 Å². The average Bonchev–Trinajstić information content (AvgIpc) is 3.41. The summed E-state index contributed by atoms with van der Waals surface area (Å²) in [5.74, 6) is 2.88. The molecule has 29 heavy (non-hydrogen) atoms.